The van der Waals surface area contributed by atoms with Gasteiger partial charge in [0.15, 0.2) is 10.6 Å². The second-order valence-corrected chi connectivity index (χ2v) is 6.80. The summed E-state index contributed by atoms with van der Waals surface area (Å²) < 4.78 is 10.8. The van der Waals surface area contributed by atoms with E-state index >= 15 is 0 Å². The molecule has 28 heavy (non-hydrogen) atoms. The topological polar surface area (TPSA) is 80.9 Å². The Hall–Kier alpha value is -3.10. The summed E-state index contributed by atoms with van der Waals surface area (Å²) in [4.78, 5) is 29.0. The first kappa shape index (κ1) is 19.7. The molecule has 0 aliphatic carbocycles. The van der Waals surface area contributed by atoms with E-state index in [1.54, 1.807) is 31.2 Å². The van der Waals surface area contributed by atoms with Crippen LogP contribution >= 0.6 is 23.6 Å². The van der Waals surface area contributed by atoms with Gasteiger partial charge in [-0.25, -0.2) is 4.79 Å². The number of nitrogens with one attached hydrogen (secondary N) is 1. The Bertz CT molecular complexity index is 1060. The van der Waals surface area contributed by atoms with Gasteiger partial charge in [-0.3, -0.25) is 10.1 Å². The maximum absolute atomic E-state index is 12.3. The van der Waals surface area contributed by atoms with E-state index in [1.807, 2.05) is 36.4 Å². The van der Waals surface area contributed by atoms with Crippen molar-refractivity contribution in [1.29, 1.82) is 0 Å². The zero-order valence-corrected chi connectivity index (χ0v) is 16.5. The van der Waals surface area contributed by atoms with Gasteiger partial charge < -0.3 is 9.15 Å². The molecule has 142 valence electrons. The van der Waals surface area contributed by atoms with Gasteiger partial charge in [0.25, 0.3) is 10.8 Å². The Morgan fingerprint density at radius 3 is 2.39 bits per heavy atom. The van der Waals surface area contributed by atoms with Crippen molar-refractivity contribution in [1.82, 2.24) is 5.32 Å². The number of amides is 1. The molecule has 0 saturated heterocycles. The van der Waals surface area contributed by atoms with E-state index in [0.717, 1.165) is 11.3 Å². The average Bonchev–Trinajstić information content (AvgIpc) is 3.13. The molecule has 0 fully saturated rings. The molecule has 1 N–H and O–H groups in total. The molecule has 0 radical (unpaired) electrons. The minimum absolute atomic E-state index is 0.0612. The highest BCUT2D eigenvalue weighted by Crippen LogP contribution is 2.26. The lowest BCUT2D eigenvalue weighted by Gasteiger charge is -2.01. The monoisotopic (exact) mass is 412 g/mol. The maximum atomic E-state index is 12.3. The van der Waals surface area contributed by atoms with Crippen LogP contribution in [0.5, 0.6) is 0 Å². The number of nitrogens with zero attached hydrogens (tertiary/aromatic N) is 1. The minimum Gasteiger partial charge on any atom is -0.462 e. The molecule has 6 nitrogen and oxygen atoms in total. The second kappa shape index (κ2) is 9.20. The zero-order valence-electron chi connectivity index (χ0n) is 14.9. The second-order valence-electron chi connectivity index (χ2n) is 5.45. The Morgan fingerprint density at radius 1 is 1.11 bits per heavy atom. The highest BCUT2D eigenvalue weighted by molar-refractivity contribution is 7.80. The van der Waals surface area contributed by atoms with Crippen molar-refractivity contribution in [2.24, 2.45) is 4.99 Å². The van der Waals surface area contributed by atoms with Crippen LogP contribution in [-0.4, -0.2) is 23.6 Å². The first-order chi connectivity index (χ1) is 13.6. The predicted molar refractivity (Wildman–Crippen MR) is 110 cm³/mol. The van der Waals surface area contributed by atoms with Crippen LogP contribution < -0.4 is 10.2 Å². The summed E-state index contributed by atoms with van der Waals surface area (Å²) in [5.74, 6) is -0.532. The molecular weight excluding hydrogens is 396 g/mol. The van der Waals surface area contributed by atoms with Gasteiger partial charge in [0, 0.05) is 11.1 Å². The Balaban J connectivity index is 1.90. The molecule has 1 heterocycles. The first-order valence-electron chi connectivity index (χ1n) is 8.40. The number of ether oxygens (including phenoxy) is 1. The molecule has 1 aromatic heterocycles. The molecule has 0 spiro atoms. The number of rotatable bonds is 4. The minimum atomic E-state index is -0.504. The molecule has 0 aliphatic rings. The number of thiocarbonyl (C=S) groups is 1. The molecule has 0 bridgehead atoms. The Labute approximate surface area is 170 Å². The Morgan fingerprint density at radius 2 is 1.75 bits per heavy atom. The number of esters is 1. The van der Waals surface area contributed by atoms with Gasteiger partial charge in [-0.05, 0) is 31.3 Å². The van der Waals surface area contributed by atoms with E-state index in [2.05, 4.69) is 10.3 Å². The van der Waals surface area contributed by atoms with Crippen LogP contribution in [0, 0.1) is 0 Å². The third kappa shape index (κ3) is 4.79. The lowest BCUT2D eigenvalue weighted by molar-refractivity contribution is 0.0531. The molecule has 0 saturated carbocycles. The highest BCUT2D eigenvalue weighted by atomic mass is 32.1. The van der Waals surface area contributed by atoms with Gasteiger partial charge >= 0.3 is 5.97 Å². The van der Waals surface area contributed by atoms with Gasteiger partial charge in [-0.2, -0.15) is 4.99 Å². The van der Waals surface area contributed by atoms with E-state index < -0.39 is 5.97 Å². The van der Waals surface area contributed by atoms with Crippen LogP contribution in [0.25, 0.3) is 11.3 Å². The summed E-state index contributed by atoms with van der Waals surface area (Å²) in [6, 6.07) is 17.8. The summed E-state index contributed by atoms with van der Waals surface area (Å²) in [6.07, 6.45) is 0. The molecular formula is C20H16N2O4S2. The maximum Gasteiger partial charge on any atom is 0.352 e. The van der Waals surface area contributed by atoms with E-state index in [-0.39, 0.29) is 27.4 Å². The van der Waals surface area contributed by atoms with E-state index in [4.69, 9.17) is 21.4 Å². The normalized spacial score (nSPS) is 11.1. The standard InChI is InChI=1S/C20H16N2O4S2/c1-2-25-18(24)16-15(13-9-5-3-6-10-13)26-20(28-16)22-19(27)21-17(23)14-11-7-4-8-12-14/h3-12H,2H2,1H3,(H,21,23,27)/b22-20-. The predicted octanol–water partition coefficient (Wildman–Crippen LogP) is 3.80. The number of benzene rings is 2. The lowest BCUT2D eigenvalue weighted by atomic mass is 10.1. The fourth-order valence-electron chi connectivity index (χ4n) is 2.31. The number of carbonyl (C=O) groups is 2. The molecule has 2 aromatic carbocycles. The van der Waals surface area contributed by atoms with Crippen molar-refractivity contribution in [2.75, 3.05) is 6.61 Å². The molecule has 8 heteroatoms. The van der Waals surface area contributed by atoms with Crippen molar-refractivity contribution in [3.8, 4) is 11.3 Å². The molecule has 1 amide bonds. The van der Waals surface area contributed by atoms with E-state index in [9.17, 15) is 9.59 Å². The molecule has 3 aromatic rings. The average molecular weight is 412 g/mol. The van der Waals surface area contributed by atoms with Gasteiger partial charge in [0.2, 0.25) is 5.11 Å². The third-order valence-electron chi connectivity index (χ3n) is 3.53. The molecule has 0 atom stereocenters. The number of hydrogen-bond donors (Lipinski definition) is 1. The van der Waals surface area contributed by atoms with Crippen molar-refractivity contribution in [3.63, 3.8) is 0 Å². The number of hydrogen-bond acceptors (Lipinski definition) is 6. The summed E-state index contributed by atoms with van der Waals surface area (Å²) in [7, 11) is 0. The van der Waals surface area contributed by atoms with Crippen molar-refractivity contribution in [2.45, 2.75) is 6.92 Å². The quantitative estimate of drug-likeness (QED) is 0.521. The van der Waals surface area contributed by atoms with Gasteiger partial charge in [0.05, 0.1) is 6.61 Å². The van der Waals surface area contributed by atoms with Crippen molar-refractivity contribution >= 4 is 40.5 Å². The summed E-state index contributed by atoms with van der Waals surface area (Å²) in [5.41, 5.74) is 1.17. The van der Waals surface area contributed by atoms with Gasteiger partial charge in [0.1, 0.15) is 0 Å². The summed E-state index contributed by atoms with van der Waals surface area (Å²) in [5, 5.41) is 2.46. The van der Waals surface area contributed by atoms with E-state index in [1.165, 1.54) is 0 Å². The van der Waals surface area contributed by atoms with Crippen LogP contribution in [-0.2, 0) is 4.74 Å². The van der Waals surface area contributed by atoms with E-state index in [0.29, 0.717) is 16.9 Å². The SMILES string of the molecule is CCOC(=O)c1s/c(=N\C(=S)NC(=O)c2ccccc2)oc1-c1ccccc1. The summed E-state index contributed by atoms with van der Waals surface area (Å²) >= 11 is 6.14. The van der Waals surface area contributed by atoms with Crippen molar-refractivity contribution < 1.29 is 18.7 Å². The molecule has 0 aliphatic heterocycles. The first-order valence-corrected chi connectivity index (χ1v) is 9.62. The fraction of sp³-hybridized carbons (Fsp3) is 0.100. The number of carbonyl (C=O) groups excluding carboxylic acids is 2. The Kier molecular flexibility index (Phi) is 6.46. The fourth-order valence-corrected chi connectivity index (χ4v) is 3.38. The third-order valence-corrected chi connectivity index (χ3v) is 4.63. The van der Waals surface area contributed by atoms with Gasteiger partial charge in [-0.15, -0.1) is 0 Å². The van der Waals surface area contributed by atoms with Crippen LogP contribution in [0.15, 0.2) is 70.1 Å². The largest absolute Gasteiger partial charge is 0.462 e. The van der Waals surface area contributed by atoms with Crippen LogP contribution in [0.4, 0.5) is 0 Å². The smallest absolute Gasteiger partial charge is 0.352 e. The van der Waals surface area contributed by atoms with Gasteiger partial charge in [-0.1, -0.05) is 59.9 Å². The van der Waals surface area contributed by atoms with Crippen LogP contribution in [0.1, 0.15) is 27.0 Å². The molecule has 0 unspecified atom stereocenters. The highest BCUT2D eigenvalue weighted by Gasteiger charge is 2.20. The summed E-state index contributed by atoms with van der Waals surface area (Å²) in [6.45, 7) is 1.97. The zero-order chi connectivity index (χ0) is 19.9. The molecule has 3 rings (SSSR count). The van der Waals surface area contributed by atoms with Crippen molar-refractivity contribution in [3.05, 3.63) is 76.0 Å². The lowest BCUT2D eigenvalue weighted by Crippen LogP contribution is -2.28. The van der Waals surface area contributed by atoms with Crippen LogP contribution in [0.2, 0.25) is 0 Å². The van der Waals surface area contributed by atoms with Crippen LogP contribution in [0.3, 0.4) is 0 Å².